The van der Waals surface area contributed by atoms with Crippen molar-refractivity contribution in [3.8, 4) is 0 Å². The molecule has 0 aromatic rings. The van der Waals surface area contributed by atoms with E-state index in [1.165, 1.54) is 6.92 Å². The van der Waals surface area contributed by atoms with E-state index < -0.39 is 67.4 Å². The highest BCUT2D eigenvalue weighted by atomic mass is 16.7. The summed E-state index contributed by atoms with van der Waals surface area (Å²) in [6.45, 7) is 1.42. The van der Waals surface area contributed by atoms with Crippen LogP contribution in [0.4, 0.5) is 0 Å². The van der Waals surface area contributed by atoms with E-state index in [-0.39, 0.29) is 0 Å². The highest BCUT2D eigenvalue weighted by molar-refractivity contribution is 5.75. The number of aliphatic hydroxyl groups excluding tert-OH is 6. The van der Waals surface area contributed by atoms with E-state index in [0.29, 0.717) is 0 Å². The molecule has 2 aliphatic heterocycles. The lowest BCUT2D eigenvalue weighted by Crippen LogP contribution is -2.64. The van der Waals surface area contributed by atoms with Crippen LogP contribution in [-0.4, -0.2) is 105 Å². The van der Waals surface area contributed by atoms with Crippen LogP contribution in [-0.2, 0) is 23.7 Å². The van der Waals surface area contributed by atoms with Crippen LogP contribution in [0.25, 0.3) is 0 Å². The van der Waals surface area contributed by atoms with Gasteiger partial charge in [-0.2, -0.15) is 0 Å². The Balaban J connectivity index is 2.18. The molecule has 2 aliphatic rings. The Kier molecular flexibility index (Phi) is 6.12. The summed E-state index contributed by atoms with van der Waals surface area (Å²) in [4.78, 5) is 11.8. The summed E-state index contributed by atoms with van der Waals surface area (Å²) in [6.07, 6.45) is -15.7. The quantitative estimate of drug-likeness (QED) is 0.271. The first-order valence-electron chi connectivity index (χ1n) is 7.31. The van der Waals surface area contributed by atoms with E-state index >= 15 is 0 Å². The van der Waals surface area contributed by atoms with Crippen LogP contribution in [0.5, 0.6) is 0 Å². The molecule has 6 N–H and O–H groups in total. The average Bonchev–Trinajstić information content (AvgIpc) is 2.56. The molecule has 0 aliphatic carbocycles. The number of hydrogen-bond donors (Lipinski definition) is 6. The Morgan fingerprint density at radius 1 is 0.875 bits per heavy atom. The zero-order valence-corrected chi connectivity index (χ0v) is 13.0. The number of carbonyl (C=O) groups excluding carboxylic acids is 1. The first-order chi connectivity index (χ1) is 11.2. The predicted octanol–water partition coefficient (Wildman–Crippen LogP) is -4.19. The number of aliphatic hydroxyl groups is 6. The van der Waals surface area contributed by atoms with Crippen molar-refractivity contribution < 1.29 is 54.4 Å². The highest BCUT2D eigenvalue weighted by Gasteiger charge is 2.52. The van der Waals surface area contributed by atoms with Gasteiger partial charge in [0.2, 0.25) is 0 Å². The van der Waals surface area contributed by atoms with Gasteiger partial charge in [0.25, 0.3) is 0 Å². The van der Waals surface area contributed by atoms with Gasteiger partial charge in [-0.15, -0.1) is 0 Å². The maximum absolute atomic E-state index is 11.8. The SMILES string of the molecule is COC(=O)[C@H]1O[C@@H](O)[C@H](O)[C@@H](O)[C@@H]1O[C@@H]1O[C@@H](C)[C@H](O)[C@@H](O)[C@H]1O. The third-order valence-electron chi connectivity index (χ3n) is 4.10. The van der Waals surface area contributed by atoms with Gasteiger partial charge >= 0.3 is 5.97 Å². The Hall–Kier alpha value is -0.890. The molecule has 0 spiro atoms. The minimum Gasteiger partial charge on any atom is -0.467 e. The van der Waals surface area contributed by atoms with Crippen LogP contribution in [0.15, 0.2) is 0 Å². The van der Waals surface area contributed by atoms with Crippen molar-refractivity contribution >= 4 is 5.97 Å². The van der Waals surface area contributed by atoms with Crippen LogP contribution >= 0.6 is 0 Å². The smallest absolute Gasteiger partial charge is 0.337 e. The fourth-order valence-electron chi connectivity index (χ4n) is 2.59. The first-order valence-corrected chi connectivity index (χ1v) is 7.31. The van der Waals surface area contributed by atoms with Crippen LogP contribution < -0.4 is 0 Å². The van der Waals surface area contributed by atoms with Gasteiger partial charge in [-0.1, -0.05) is 0 Å². The van der Waals surface area contributed by atoms with E-state index in [9.17, 15) is 35.4 Å². The number of ether oxygens (including phenoxy) is 4. The second-order valence-electron chi connectivity index (χ2n) is 5.73. The molecule has 0 radical (unpaired) electrons. The summed E-state index contributed by atoms with van der Waals surface area (Å²) < 4.78 is 19.9. The molecule has 2 rings (SSSR count). The Morgan fingerprint density at radius 2 is 1.50 bits per heavy atom. The molecule has 0 saturated carbocycles. The van der Waals surface area contributed by atoms with Crippen LogP contribution in [0.1, 0.15) is 6.92 Å². The van der Waals surface area contributed by atoms with E-state index in [4.69, 9.17) is 14.2 Å². The monoisotopic (exact) mass is 354 g/mol. The standard InChI is InChI=1S/C13H22O11/c1-3-4(14)5(15)8(18)13(22-3)24-9-6(16)7(17)11(19)23-10(9)12(20)21-2/h3-11,13-19H,1-2H3/t3-,4-,5+,6+,7+,8+,9-,10-,11+,13-/m0/s1. The molecule has 11 nitrogen and oxygen atoms in total. The molecular formula is C13H22O11. The van der Waals surface area contributed by atoms with Crippen LogP contribution in [0.2, 0.25) is 0 Å². The van der Waals surface area contributed by atoms with Gasteiger partial charge in [0.1, 0.15) is 36.6 Å². The molecule has 0 bridgehead atoms. The number of rotatable bonds is 3. The van der Waals surface area contributed by atoms with Crippen molar-refractivity contribution in [2.24, 2.45) is 0 Å². The largest absolute Gasteiger partial charge is 0.467 e. The van der Waals surface area contributed by atoms with Gasteiger partial charge in [-0.25, -0.2) is 4.79 Å². The number of carbonyl (C=O) groups is 1. The molecule has 0 unspecified atom stereocenters. The van der Waals surface area contributed by atoms with E-state index in [1.54, 1.807) is 0 Å². The van der Waals surface area contributed by atoms with Crippen LogP contribution in [0, 0.1) is 0 Å². The van der Waals surface area contributed by atoms with Gasteiger partial charge in [-0.05, 0) is 6.92 Å². The second-order valence-corrected chi connectivity index (χ2v) is 5.73. The van der Waals surface area contributed by atoms with Gasteiger partial charge in [-0.3, -0.25) is 0 Å². The zero-order chi connectivity index (χ0) is 18.2. The Morgan fingerprint density at radius 3 is 2.08 bits per heavy atom. The summed E-state index contributed by atoms with van der Waals surface area (Å²) in [5.74, 6) is -0.996. The molecule has 0 amide bonds. The highest BCUT2D eigenvalue weighted by Crippen LogP contribution is 2.28. The lowest BCUT2D eigenvalue weighted by Gasteiger charge is -2.44. The number of esters is 1. The van der Waals surface area contributed by atoms with Crippen molar-refractivity contribution in [2.75, 3.05) is 7.11 Å². The average molecular weight is 354 g/mol. The molecule has 2 saturated heterocycles. The predicted molar refractivity (Wildman–Crippen MR) is 72.1 cm³/mol. The normalized spacial score (nSPS) is 49.7. The molecule has 0 aromatic carbocycles. The first kappa shape index (κ1) is 19.4. The van der Waals surface area contributed by atoms with Gasteiger partial charge in [0.05, 0.1) is 13.2 Å². The fourth-order valence-corrected chi connectivity index (χ4v) is 2.59. The molecule has 2 fully saturated rings. The minimum absolute atomic E-state index is 0.915. The van der Waals surface area contributed by atoms with Gasteiger partial charge < -0.3 is 49.6 Å². The van der Waals surface area contributed by atoms with Crippen molar-refractivity contribution in [1.29, 1.82) is 0 Å². The van der Waals surface area contributed by atoms with E-state index in [0.717, 1.165) is 7.11 Å². The molecule has 0 aromatic heterocycles. The molecule has 2 heterocycles. The maximum Gasteiger partial charge on any atom is 0.337 e. The van der Waals surface area contributed by atoms with Crippen molar-refractivity contribution in [3.63, 3.8) is 0 Å². The summed E-state index contributed by atoms with van der Waals surface area (Å²) >= 11 is 0. The molecular weight excluding hydrogens is 332 g/mol. The summed E-state index contributed by atoms with van der Waals surface area (Å²) in [5.41, 5.74) is 0. The third kappa shape index (κ3) is 3.54. The molecule has 140 valence electrons. The Labute approximate surface area is 136 Å². The lowest BCUT2D eigenvalue weighted by molar-refractivity contribution is -0.347. The third-order valence-corrected chi connectivity index (χ3v) is 4.10. The van der Waals surface area contributed by atoms with Crippen molar-refractivity contribution in [3.05, 3.63) is 0 Å². The molecule has 24 heavy (non-hydrogen) atoms. The summed E-state index contributed by atoms with van der Waals surface area (Å²) in [6, 6.07) is 0. The van der Waals surface area contributed by atoms with Gasteiger partial charge in [0.15, 0.2) is 18.7 Å². The Bertz CT molecular complexity index is 446. The fraction of sp³-hybridized carbons (Fsp3) is 0.923. The number of hydrogen-bond acceptors (Lipinski definition) is 11. The zero-order valence-electron chi connectivity index (χ0n) is 13.0. The van der Waals surface area contributed by atoms with E-state index in [2.05, 4.69) is 4.74 Å². The van der Waals surface area contributed by atoms with Crippen LogP contribution in [0.3, 0.4) is 0 Å². The molecule has 11 heteroatoms. The number of methoxy groups -OCH3 is 1. The van der Waals surface area contributed by atoms with Crippen molar-refractivity contribution in [2.45, 2.75) is 68.3 Å². The maximum atomic E-state index is 11.8. The molecule has 10 atom stereocenters. The van der Waals surface area contributed by atoms with Crippen molar-refractivity contribution in [1.82, 2.24) is 0 Å². The second kappa shape index (κ2) is 7.56. The van der Waals surface area contributed by atoms with Gasteiger partial charge in [0, 0.05) is 0 Å². The topological polar surface area (TPSA) is 175 Å². The lowest BCUT2D eigenvalue weighted by atomic mass is 9.97. The minimum atomic E-state index is -1.85. The van der Waals surface area contributed by atoms with E-state index in [1.807, 2.05) is 0 Å². The summed E-state index contributed by atoms with van der Waals surface area (Å²) in [5, 5.41) is 58.6. The summed E-state index contributed by atoms with van der Waals surface area (Å²) in [7, 11) is 1.04.